The Bertz CT molecular complexity index is 1350. The van der Waals surface area contributed by atoms with Crippen molar-refractivity contribution in [2.45, 2.75) is 56.7 Å². The van der Waals surface area contributed by atoms with Crippen LogP contribution in [0.5, 0.6) is 0 Å². The molecule has 0 radical (unpaired) electrons. The highest BCUT2D eigenvalue weighted by Gasteiger charge is 2.19. The minimum atomic E-state index is -3.37. The Hall–Kier alpha value is -2.78. The second-order valence-electron chi connectivity index (χ2n) is 8.35. The molecule has 9 heteroatoms. The smallest absolute Gasteiger partial charge is 0.325 e. The molecule has 0 bridgehead atoms. The van der Waals surface area contributed by atoms with Gasteiger partial charge in [0.1, 0.15) is 6.54 Å². The Labute approximate surface area is 197 Å². The van der Waals surface area contributed by atoms with Gasteiger partial charge in [0.2, 0.25) is 0 Å². The summed E-state index contributed by atoms with van der Waals surface area (Å²) in [6.45, 7) is 7.41. The molecule has 3 aromatic rings. The van der Waals surface area contributed by atoms with Gasteiger partial charge in [-0.15, -0.1) is 0 Å². The van der Waals surface area contributed by atoms with Gasteiger partial charge in [-0.1, -0.05) is 43.4 Å². The Morgan fingerprint density at radius 2 is 1.73 bits per heavy atom. The van der Waals surface area contributed by atoms with Crippen LogP contribution in [0.2, 0.25) is 0 Å². The fraction of sp³-hybridized carbons (Fsp3) is 0.375. The van der Waals surface area contributed by atoms with Crippen molar-refractivity contribution < 1.29 is 22.7 Å². The first kappa shape index (κ1) is 24.9. The molecule has 0 aliphatic carbocycles. The fourth-order valence-corrected chi connectivity index (χ4v) is 5.43. The van der Waals surface area contributed by atoms with Crippen molar-refractivity contribution >= 4 is 43.3 Å². The van der Waals surface area contributed by atoms with Crippen LogP contribution in [0, 0.1) is 0 Å². The average Bonchev–Trinajstić information content (AvgIpc) is 3.09. The molecule has 0 spiro atoms. The lowest BCUT2D eigenvalue weighted by molar-refractivity contribution is -0.141. The largest absolute Gasteiger partial charge is 0.468 e. The van der Waals surface area contributed by atoms with Gasteiger partial charge in [-0.2, -0.15) is 4.99 Å². The third-order valence-corrected chi connectivity index (χ3v) is 8.55. The third-order valence-electron chi connectivity index (χ3n) is 5.34. The van der Waals surface area contributed by atoms with Crippen LogP contribution in [0.3, 0.4) is 0 Å². The highest BCUT2D eigenvalue weighted by Crippen LogP contribution is 2.24. The van der Waals surface area contributed by atoms with E-state index >= 15 is 0 Å². The van der Waals surface area contributed by atoms with Crippen molar-refractivity contribution in [2.75, 3.05) is 7.11 Å². The number of benzene rings is 2. The first-order valence-corrected chi connectivity index (χ1v) is 13.0. The lowest BCUT2D eigenvalue weighted by Gasteiger charge is -2.08. The van der Waals surface area contributed by atoms with E-state index < -0.39 is 21.1 Å². The maximum Gasteiger partial charge on any atom is 0.325 e. The summed E-state index contributed by atoms with van der Waals surface area (Å²) in [7, 11) is -2.05. The van der Waals surface area contributed by atoms with E-state index in [0.29, 0.717) is 16.3 Å². The average molecular weight is 489 g/mol. The van der Waals surface area contributed by atoms with Crippen molar-refractivity contribution in [1.29, 1.82) is 0 Å². The molecule has 0 saturated carbocycles. The minimum Gasteiger partial charge on any atom is -0.468 e. The molecule has 0 fully saturated rings. The molecule has 0 aliphatic heterocycles. The van der Waals surface area contributed by atoms with E-state index in [1.54, 1.807) is 30.5 Å². The van der Waals surface area contributed by atoms with Gasteiger partial charge in [0.15, 0.2) is 14.6 Å². The highest BCUT2D eigenvalue weighted by atomic mass is 32.2. The summed E-state index contributed by atoms with van der Waals surface area (Å²) in [6.07, 6.45) is 0.0196. The molecule has 0 unspecified atom stereocenters. The molecule has 3 rings (SSSR count). The van der Waals surface area contributed by atoms with E-state index in [-0.39, 0.29) is 23.8 Å². The zero-order chi connectivity index (χ0) is 24.3. The van der Waals surface area contributed by atoms with Gasteiger partial charge in [-0.25, -0.2) is 8.42 Å². The van der Waals surface area contributed by atoms with Gasteiger partial charge in [0.25, 0.3) is 5.91 Å². The number of ether oxygens (including phenoxy) is 1. The molecule has 2 aromatic carbocycles. The monoisotopic (exact) mass is 488 g/mol. The quantitative estimate of drug-likeness (QED) is 0.471. The molecule has 33 heavy (non-hydrogen) atoms. The Morgan fingerprint density at radius 3 is 2.30 bits per heavy atom. The molecule has 1 amide bonds. The highest BCUT2D eigenvalue weighted by molar-refractivity contribution is 7.92. The molecule has 0 atom stereocenters. The molecule has 1 aromatic heterocycles. The van der Waals surface area contributed by atoms with Crippen LogP contribution in [0.25, 0.3) is 10.2 Å². The number of fused-ring (bicyclic) bond motifs is 1. The standard InChI is InChI=1S/C24H28N2O5S2/c1-15(2)18-8-11-20-21(13-18)32-24(26(20)14-23(28)31-5)25-22(27)12-17-6-9-19(10-7-17)33(29,30)16(3)4/h6-11,13,15-16H,12,14H2,1-5H3. The van der Waals surface area contributed by atoms with Gasteiger partial charge in [0.05, 0.1) is 33.9 Å². The Kier molecular flexibility index (Phi) is 7.54. The molecule has 176 valence electrons. The van der Waals surface area contributed by atoms with Crippen LogP contribution in [0.4, 0.5) is 0 Å². The van der Waals surface area contributed by atoms with E-state index in [1.165, 1.54) is 30.6 Å². The topological polar surface area (TPSA) is 94.8 Å². The molecule has 0 aliphatic rings. The second-order valence-corrected chi connectivity index (χ2v) is 11.9. The first-order valence-electron chi connectivity index (χ1n) is 10.6. The SMILES string of the molecule is COC(=O)Cn1c(=NC(=O)Cc2ccc(S(=O)(=O)C(C)C)cc2)sc2cc(C(C)C)ccc21. The molecular weight excluding hydrogens is 460 g/mol. The number of nitrogens with zero attached hydrogens (tertiary/aromatic N) is 2. The summed E-state index contributed by atoms with van der Waals surface area (Å²) in [5.41, 5.74) is 2.63. The van der Waals surface area contributed by atoms with Crippen LogP contribution >= 0.6 is 11.3 Å². The molecular formula is C24H28N2O5S2. The normalized spacial score (nSPS) is 12.6. The number of amides is 1. The number of rotatable bonds is 7. The van der Waals surface area contributed by atoms with Crippen LogP contribution < -0.4 is 4.80 Å². The van der Waals surface area contributed by atoms with Crippen molar-refractivity contribution in [3.63, 3.8) is 0 Å². The van der Waals surface area contributed by atoms with Gasteiger partial charge in [-0.05, 0) is 55.2 Å². The summed E-state index contributed by atoms with van der Waals surface area (Å²) >= 11 is 1.34. The summed E-state index contributed by atoms with van der Waals surface area (Å²) in [6, 6.07) is 12.3. The molecule has 7 nitrogen and oxygen atoms in total. The number of sulfone groups is 1. The zero-order valence-corrected chi connectivity index (χ0v) is 21.0. The van der Waals surface area contributed by atoms with E-state index in [1.807, 2.05) is 12.1 Å². The van der Waals surface area contributed by atoms with Gasteiger partial charge in [-0.3, -0.25) is 9.59 Å². The van der Waals surface area contributed by atoms with E-state index in [2.05, 4.69) is 24.9 Å². The number of hydrogen-bond donors (Lipinski definition) is 0. The first-order chi connectivity index (χ1) is 15.5. The van der Waals surface area contributed by atoms with Gasteiger partial charge >= 0.3 is 5.97 Å². The van der Waals surface area contributed by atoms with Crippen LogP contribution in [0.15, 0.2) is 52.4 Å². The van der Waals surface area contributed by atoms with E-state index in [9.17, 15) is 18.0 Å². The van der Waals surface area contributed by atoms with Crippen molar-refractivity contribution in [2.24, 2.45) is 4.99 Å². The number of carbonyl (C=O) groups excluding carboxylic acids is 2. The lowest BCUT2D eigenvalue weighted by atomic mass is 10.0. The fourth-order valence-electron chi connectivity index (χ4n) is 3.27. The predicted molar refractivity (Wildman–Crippen MR) is 129 cm³/mol. The number of carbonyl (C=O) groups is 2. The van der Waals surface area contributed by atoms with Gasteiger partial charge < -0.3 is 9.30 Å². The summed E-state index contributed by atoms with van der Waals surface area (Å²) in [5, 5.41) is -0.519. The summed E-state index contributed by atoms with van der Waals surface area (Å²) in [5.74, 6) is -0.475. The number of thiazole rings is 1. The lowest BCUT2D eigenvalue weighted by Crippen LogP contribution is -2.22. The number of methoxy groups -OCH3 is 1. The predicted octanol–water partition coefficient (Wildman–Crippen LogP) is 3.85. The maximum absolute atomic E-state index is 12.7. The minimum absolute atomic E-state index is 0.0196. The van der Waals surface area contributed by atoms with Crippen molar-refractivity contribution in [3.8, 4) is 0 Å². The third kappa shape index (κ3) is 5.59. The number of aromatic nitrogens is 1. The zero-order valence-electron chi connectivity index (χ0n) is 19.4. The molecule has 0 N–H and O–H groups in total. The van der Waals surface area contributed by atoms with Crippen LogP contribution in [-0.2, 0) is 37.1 Å². The molecule has 0 saturated heterocycles. The summed E-state index contributed by atoms with van der Waals surface area (Å²) < 4.78 is 32.0. The van der Waals surface area contributed by atoms with E-state index in [0.717, 1.165) is 15.8 Å². The molecule has 1 heterocycles. The van der Waals surface area contributed by atoms with E-state index in [4.69, 9.17) is 4.74 Å². The Morgan fingerprint density at radius 1 is 1.06 bits per heavy atom. The van der Waals surface area contributed by atoms with Crippen molar-refractivity contribution in [1.82, 2.24) is 4.57 Å². The number of hydrogen-bond acceptors (Lipinski definition) is 6. The second kappa shape index (κ2) is 10.0. The maximum atomic E-state index is 12.7. The Balaban J connectivity index is 1.95. The van der Waals surface area contributed by atoms with Gasteiger partial charge in [0, 0.05) is 0 Å². The summed E-state index contributed by atoms with van der Waals surface area (Å²) in [4.78, 5) is 29.6. The van der Waals surface area contributed by atoms with Crippen LogP contribution in [0.1, 0.15) is 44.7 Å². The van der Waals surface area contributed by atoms with Crippen LogP contribution in [-0.4, -0.2) is 37.2 Å². The van der Waals surface area contributed by atoms with Crippen molar-refractivity contribution in [3.05, 3.63) is 58.4 Å². The number of esters is 1.